The number of aliphatic hydroxyl groups excluding tert-OH is 3. The zero-order chi connectivity index (χ0) is 8.59. The van der Waals surface area contributed by atoms with Gasteiger partial charge in [0.25, 0.3) is 0 Å². The third kappa shape index (κ3) is 1.52. The molecule has 11 heavy (non-hydrogen) atoms. The summed E-state index contributed by atoms with van der Waals surface area (Å²) in [5, 5.41) is 27.3. The van der Waals surface area contributed by atoms with Crippen LogP contribution in [0, 0.1) is 0 Å². The predicted molar refractivity (Wildman–Crippen MR) is 36.5 cm³/mol. The first-order chi connectivity index (χ1) is 5.04. The summed E-state index contributed by atoms with van der Waals surface area (Å²) in [6, 6.07) is 0. The molecule has 1 aliphatic rings. The van der Waals surface area contributed by atoms with E-state index in [0.29, 0.717) is 0 Å². The lowest BCUT2D eigenvalue weighted by atomic mass is 9.99. The van der Waals surface area contributed by atoms with Gasteiger partial charge in [-0.3, -0.25) is 0 Å². The van der Waals surface area contributed by atoms with Crippen LogP contribution in [0.5, 0.6) is 0 Å². The first-order valence-electron chi connectivity index (χ1n) is 3.49. The molecule has 5 nitrogen and oxygen atoms in total. The minimum Gasteiger partial charge on any atom is -0.388 e. The molecule has 1 rings (SSSR count). The summed E-state index contributed by atoms with van der Waals surface area (Å²) in [6.45, 7) is 1.58. The van der Waals surface area contributed by atoms with E-state index in [1.165, 1.54) is 0 Å². The molecule has 0 amide bonds. The van der Waals surface area contributed by atoms with Crippen LogP contribution in [-0.2, 0) is 4.74 Å². The van der Waals surface area contributed by atoms with Crippen LogP contribution in [0.25, 0.3) is 0 Å². The van der Waals surface area contributed by atoms with Crippen molar-refractivity contribution in [2.75, 3.05) is 0 Å². The van der Waals surface area contributed by atoms with Gasteiger partial charge in [-0.1, -0.05) is 0 Å². The van der Waals surface area contributed by atoms with Crippen LogP contribution in [0.3, 0.4) is 0 Å². The van der Waals surface area contributed by atoms with E-state index in [-0.39, 0.29) is 0 Å². The first kappa shape index (κ1) is 8.89. The molecular formula is C6H13NO4. The lowest BCUT2D eigenvalue weighted by Crippen LogP contribution is -2.59. The Morgan fingerprint density at radius 1 is 1.09 bits per heavy atom. The Morgan fingerprint density at radius 2 is 1.64 bits per heavy atom. The first-order valence-corrected chi connectivity index (χ1v) is 3.49. The van der Waals surface area contributed by atoms with Crippen molar-refractivity contribution in [1.29, 1.82) is 0 Å². The second kappa shape index (κ2) is 3.04. The van der Waals surface area contributed by atoms with E-state index in [1.54, 1.807) is 6.92 Å². The van der Waals surface area contributed by atoms with Gasteiger partial charge in [0.15, 0.2) is 0 Å². The summed E-state index contributed by atoms with van der Waals surface area (Å²) in [4.78, 5) is 0. The number of hydrogen-bond donors (Lipinski definition) is 4. The van der Waals surface area contributed by atoms with Crippen LogP contribution in [-0.4, -0.2) is 46.0 Å². The maximum atomic E-state index is 9.14. The average molecular weight is 163 g/mol. The Hall–Kier alpha value is -0.200. The lowest BCUT2D eigenvalue weighted by Gasteiger charge is -2.37. The Bertz CT molecular complexity index is 129. The molecule has 0 spiro atoms. The van der Waals surface area contributed by atoms with Gasteiger partial charge in [-0.2, -0.15) is 0 Å². The Balaban J connectivity index is 2.63. The van der Waals surface area contributed by atoms with Crippen LogP contribution >= 0.6 is 0 Å². The summed E-state index contributed by atoms with van der Waals surface area (Å²) >= 11 is 0. The van der Waals surface area contributed by atoms with Gasteiger partial charge in [0, 0.05) is 0 Å². The third-order valence-electron chi connectivity index (χ3n) is 1.89. The van der Waals surface area contributed by atoms with Crippen LogP contribution < -0.4 is 5.73 Å². The average Bonchev–Trinajstić information content (AvgIpc) is 1.97. The maximum absolute atomic E-state index is 9.14. The monoisotopic (exact) mass is 163 g/mol. The van der Waals surface area contributed by atoms with E-state index in [1.807, 2.05) is 0 Å². The van der Waals surface area contributed by atoms with Crippen LogP contribution in [0.4, 0.5) is 0 Å². The van der Waals surface area contributed by atoms with Crippen LogP contribution in [0.15, 0.2) is 0 Å². The molecule has 0 bridgehead atoms. The van der Waals surface area contributed by atoms with Crippen molar-refractivity contribution >= 4 is 0 Å². The highest BCUT2D eigenvalue weighted by molar-refractivity contribution is 4.87. The zero-order valence-electron chi connectivity index (χ0n) is 6.21. The molecule has 5 atom stereocenters. The van der Waals surface area contributed by atoms with Gasteiger partial charge in [-0.25, -0.2) is 0 Å². The fourth-order valence-electron chi connectivity index (χ4n) is 1.08. The molecule has 0 unspecified atom stereocenters. The summed E-state index contributed by atoms with van der Waals surface area (Å²) in [5.74, 6) is 0. The predicted octanol–water partition coefficient (Wildman–Crippen LogP) is -2.23. The largest absolute Gasteiger partial charge is 0.388 e. The van der Waals surface area contributed by atoms with Gasteiger partial charge in [0.2, 0.25) is 0 Å². The molecule has 0 aliphatic carbocycles. The highest BCUT2D eigenvalue weighted by Crippen LogP contribution is 2.17. The molecular weight excluding hydrogens is 150 g/mol. The normalized spacial score (nSPS) is 52.6. The van der Waals surface area contributed by atoms with Gasteiger partial charge in [-0.05, 0) is 6.92 Å². The van der Waals surface area contributed by atoms with Crippen molar-refractivity contribution in [3.63, 3.8) is 0 Å². The number of hydrogen-bond acceptors (Lipinski definition) is 5. The molecule has 0 aromatic rings. The van der Waals surface area contributed by atoms with Crippen molar-refractivity contribution in [1.82, 2.24) is 0 Å². The maximum Gasteiger partial charge on any atom is 0.135 e. The number of rotatable bonds is 0. The van der Waals surface area contributed by atoms with Crippen molar-refractivity contribution in [2.45, 2.75) is 37.6 Å². The molecule has 1 saturated heterocycles. The van der Waals surface area contributed by atoms with Crippen molar-refractivity contribution in [3.8, 4) is 0 Å². The Morgan fingerprint density at radius 3 is 2.18 bits per heavy atom. The fourth-order valence-corrected chi connectivity index (χ4v) is 1.08. The van der Waals surface area contributed by atoms with Crippen molar-refractivity contribution in [3.05, 3.63) is 0 Å². The zero-order valence-corrected chi connectivity index (χ0v) is 6.21. The van der Waals surface area contributed by atoms with Gasteiger partial charge in [0.1, 0.15) is 24.5 Å². The minimum absolute atomic E-state index is 0.539. The Labute approximate surface area is 64.4 Å². The molecule has 5 heteroatoms. The molecule has 66 valence electrons. The van der Waals surface area contributed by atoms with Crippen molar-refractivity contribution < 1.29 is 20.1 Å². The second-order valence-corrected chi connectivity index (χ2v) is 2.78. The summed E-state index contributed by atoms with van der Waals surface area (Å²) < 4.78 is 4.90. The molecule has 0 radical (unpaired) electrons. The van der Waals surface area contributed by atoms with E-state index in [4.69, 9.17) is 25.8 Å². The van der Waals surface area contributed by atoms with E-state index in [9.17, 15) is 0 Å². The number of nitrogens with two attached hydrogens (primary N) is 1. The number of ether oxygens (including phenoxy) is 1. The molecule has 1 fully saturated rings. The smallest absolute Gasteiger partial charge is 0.135 e. The molecule has 1 heterocycles. The molecule has 0 aromatic heterocycles. The standard InChI is InChI=1S/C6H13NO4/c1-2-3(8)4(9)5(10)6(7)11-2/h2-6,8-10H,7H2,1H3/t2-,3+,4-,5+,6-/m0/s1. The van der Waals surface area contributed by atoms with Crippen molar-refractivity contribution in [2.24, 2.45) is 5.73 Å². The SMILES string of the molecule is C[C@@H]1O[C@H](N)[C@H](O)[C@@H](O)[C@@H]1O. The summed E-state index contributed by atoms with van der Waals surface area (Å²) in [5.41, 5.74) is 5.28. The summed E-state index contributed by atoms with van der Waals surface area (Å²) in [6.07, 6.45) is -4.94. The van der Waals surface area contributed by atoms with Crippen LogP contribution in [0.1, 0.15) is 6.92 Å². The Kier molecular flexibility index (Phi) is 2.46. The fraction of sp³-hybridized carbons (Fsp3) is 1.00. The highest BCUT2D eigenvalue weighted by Gasteiger charge is 2.39. The van der Waals surface area contributed by atoms with Gasteiger partial charge < -0.3 is 25.8 Å². The molecule has 5 N–H and O–H groups in total. The highest BCUT2D eigenvalue weighted by atomic mass is 16.5. The topological polar surface area (TPSA) is 95.9 Å². The van der Waals surface area contributed by atoms with Gasteiger partial charge in [-0.15, -0.1) is 0 Å². The van der Waals surface area contributed by atoms with Crippen LogP contribution in [0.2, 0.25) is 0 Å². The van der Waals surface area contributed by atoms with E-state index < -0.39 is 30.6 Å². The number of aliphatic hydroxyl groups is 3. The van der Waals surface area contributed by atoms with E-state index >= 15 is 0 Å². The van der Waals surface area contributed by atoms with E-state index in [2.05, 4.69) is 0 Å². The lowest BCUT2D eigenvalue weighted by molar-refractivity contribution is -0.215. The summed E-state index contributed by atoms with van der Waals surface area (Å²) in [7, 11) is 0. The van der Waals surface area contributed by atoms with Gasteiger partial charge in [0.05, 0.1) is 6.10 Å². The quantitative estimate of drug-likeness (QED) is 0.324. The van der Waals surface area contributed by atoms with Gasteiger partial charge >= 0.3 is 0 Å². The minimum atomic E-state index is -1.21. The second-order valence-electron chi connectivity index (χ2n) is 2.78. The third-order valence-corrected chi connectivity index (χ3v) is 1.89. The molecule has 1 aliphatic heterocycles. The van der Waals surface area contributed by atoms with E-state index in [0.717, 1.165) is 0 Å². The molecule has 0 aromatic carbocycles. The molecule has 0 saturated carbocycles.